The average molecular weight is 1770 g/mol. The van der Waals surface area contributed by atoms with Crippen LogP contribution in [0.5, 0.6) is 5.75 Å². The van der Waals surface area contributed by atoms with Crippen molar-refractivity contribution in [2.24, 2.45) is 40.9 Å². The van der Waals surface area contributed by atoms with Crippen molar-refractivity contribution in [3.05, 3.63) is 102 Å². The first kappa shape index (κ1) is 102. The van der Waals surface area contributed by atoms with E-state index in [0.29, 0.717) is 57.8 Å². The standard InChI is InChI=1S/C88H130N20O19/c1-11-49(8)72(105-74(113)50(9)90)83(122)102-66(42-54-45-95-59-24-15-13-22-57(54)59)78(117)99-64(40-52-29-31-55(110)32-30-52)77(116)104-68(43-71(111)112)86(125)108-36-20-28-70(108)82(121)101-63(38-47(4)5)80(119)106-73(51(10)109)84(123)96-60(25-16-17-33-89)75(114)98-62(37-46(2)3)76(115)100-65(41-53-44-94-58-23-14-12-21-56(53)58)79(118)103-67(39-48(6)7)85(124)107-35-19-27-69(107)81(120)97-61(87(126)127)26-18-34-93-88(91)92/h12-15,21-24,29-32,44-51,60-70,72-73,94-95,109-110H,11,16-20,25-28,33-43,89-90H2,1-10H3,(H,96,123)(H,97,120)(H,98,114)(H,99,117)(H,100,115)(H,101,121)(H,102,122)(H,103,118)(H,104,116)(H,105,113)(H,106,119)(H,111,112)(H,126,127)(H4,91,92,93)/t49-,50-,51+,60-,61-,62-,63-,64-,65-,66-,67-,68-,69-,70-,72-,73-/m0/s1. The van der Waals surface area contributed by atoms with Gasteiger partial charge in [-0.25, -0.2) is 4.79 Å². The summed E-state index contributed by atoms with van der Waals surface area (Å²) in [5.41, 5.74) is 20.1. The lowest BCUT2D eigenvalue weighted by Crippen LogP contribution is -2.62. The van der Waals surface area contributed by atoms with Crippen LogP contribution < -0.4 is 81.0 Å². The number of hydrogen-bond donors (Lipinski definition) is 22. The number of nitrogens with zero attached hydrogens (tertiary/aromatic N) is 2. The lowest BCUT2D eigenvalue weighted by Gasteiger charge is -2.31. The summed E-state index contributed by atoms with van der Waals surface area (Å²) < 4.78 is 0. The van der Waals surface area contributed by atoms with Crippen LogP contribution in [0.3, 0.4) is 0 Å². The molecule has 2 aliphatic heterocycles. The van der Waals surface area contributed by atoms with Crippen LogP contribution in [-0.2, 0) is 91.2 Å². The molecule has 4 heterocycles. The fourth-order valence-corrected chi connectivity index (χ4v) is 15.6. The summed E-state index contributed by atoms with van der Waals surface area (Å²) in [6.07, 6.45) is 1.73. The number of benzene rings is 3. The summed E-state index contributed by atoms with van der Waals surface area (Å²) in [5, 5.41) is 82.9. The molecule has 39 heteroatoms. The van der Waals surface area contributed by atoms with Crippen molar-refractivity contribution < 1.29 is 92.3 Å². The molecule has 7 rings (SSSR count). The van der Waals surface area contributed by atoms with E-state index in [1.807, 2.05) is 26.0 Å². The number of aromatic hydroxyl groups is 1. The zero-order valence-electron chi connectivity index (χ0n) is 73.9. The first-order valence-corrected chi connectivity index (χ1v) is 43.7. The van der Waals surface area contributed by atoms with Gasteiger partial charge in [-0.15, -0.1) is 0 Å². The van der Waals surface area contributed by atoms with Gasteiger partial charge in [-0.3, -0.25) is 72.5 Å². The predicted molar refractivity (Wildman–Crippen MR) is 472 cm³/mol. The van der Waals surface area contributed by atoms with E-state index in [4.69, 9.17) is 22.6 Å². The van der Waals surface area contributed by atoms with E-state index in [2.05, 4.69) is 73.8 Å². The van der Waals surface area contributed by atoms with Crippen LogP contribution in [0, 0.1) is 29.1 Å². The number of fused-ring (bicyclic) bond motifs is 2. The monoisotopic (exact) mass is 1770 g/mol. The Morgan fingerprint density at radius 2 is 0.890 bits per heavy atom. The Labute approximate surface area is 738 Å². The van der Waals surface area contributed by atoms with Crippen LogP contribution in [0.2, 0.25) is 0 Å². The van der Waals surface area contributed by atoms with E-state index in [1.54, 1.807) is 90.3 Å². The minimum atomic E-state index is -1.91. The number of aliphatic carboxylic acids is 2. The summed E-state index contributed by atoms with van der Waals surface area (Å²) in [4.78, 5) is 224. The Bertz CT molecular complexity index is 4650. The Balaban J connectivity index is 1.08. The molecule has 2 saturated heterocycles. The number of guanidine groups is 1. The van der Waals surface area contributed by atoms with E-state index in [1.165, 1.54) is 43.0 Å². The van der Waals surface area contributed by atoms with Gasteiger partial charge in [0.1, 0.15) is 84.3 Å². The first-order valence-electron chi connectivity index (χ1n) is 43.7. The molecule has 0 spiro atoms. The van der Waals surface area contributed by atoms with Crippen molar-refractivity contribution in [2.75, 3.05) is 26.2 Å². The van der Waals surface area contributed by atoms with Gasteiger partial charge in [-0.1, -0.05) is 110 Å². The highest BCUT2D eigenvalue weighted by Crippen LogP contribution is 2.27. The molecule has 0 aliphatic carbocycles. The van der Waals surface area contributed by atoms with Crippen LogP contribution in [0.15, 0.2) is 85.2 Å². The molecule has 2 fully saturated rings. The molecule has 13 amide bonds. The van der Waals surface area contributed by atoms with E-state index in [-0.39, 0.29) is 139 Å². The normalized spacial score (nSPS) is 17.2. The molecule has 0 radical (unpaired) electrons. The molecular weight excluding hydrogens is 1640 g/mol. The third-order valence-electron chi connectivity index (χ3n) is 22.6. The number of aromatic nitrogens is 2. The second-order valence-electron chi connectivity index (χ2n) is 34.4. The molecule has 25 N–H and O–H groups in total. The van der Waals surface area contributed by atoms with Gasteiger partial charge in [0.25, 0.3) is 0 Å². The van der Waals surface area contributed by atoms with Gasteiger partial charge in [0.05, 0.1) is 18.6 Å². The van der Waals surface area contributed by atoms with Crippen LogP contribution >= 0.6 is 0 Å². The Kier molecular flexibility index (Phi) is 39.3. The number of likely N-dealkylation sites (tertiary alicyclic amines) is 2. The van der Waals surface area contributed by atoms with Gasteiger partial charge in [0.15, 0.2) is 5.96 Å². The number of nitrogens with one attached hydrogen (secondary N) is 15. The molecule has 0 saturated carbocycles. The smallest absolute Gasteiger partial charge is 0.326 e. The number of phenols is 1. The van der Waals surface area contributed by atoms with Gasteiger partial charge >= 0.3 is 11.9 Å². The number of carbonyl (C=O) groups is 15. The number of aromatic amines is 2. The topological polar surface area (TPSA) is 621 Å². The molecule has 16 atom stereocenters. The molecular formula is C88H130N20O19. The van der Waals surface area contributed by atoms with E-state index < -0.39 is 192 Å². The fourth-order valence-electron chi connectivity index (χ4n) is 15.6. The number of amides is 13. The molecule has 696 valence electrons. The van der Waals surface area contributed by atoms with Crippen molar-refractivity contribution in [2.45, 2.75) is 269 Å². The quantitative estimate of drug-likeness (QED) is 0.0144. The molecule has 39 nitrogen and oxygen atoms in total. The highest BCUT2D eigenvalue weighted by atomic mass is 16.4. The van der Waals surface area contributed by atoms with Crippen LogP contribution in [0.25, 0.3) is 21.8 Å². The van der Waals surface area contributed by atoms with Gasteiger partial charge in [-0.05, 0) is 162 Å². The Morgan fingerprint density at radius 3 is 1.37 bits per heavy atom. The number of H-pyrrole nitrogens is 2. The second-order valence-corrected chi connectivity index (χ2v) is 34.4. The molecule has 3 aromatic carbocycles. The lowest BCUT2D eigenvalue weighted by molar-refractivity contribution is -0.146. The minimum absolute atomic E-state index is 0.0200. The van der Waals surface area contributed by atoms with Gasteiger partial charge in [0, 0.05) is 73.1 Å². The maximum Gasteiger partial charge on any atom is 0.326 e. The van der Waals surface area contributed by atoms with Crippen LogP contribution in [-0.4, -0.2) is 252 Å². The number of rotatable bonds is 50. The first-order chi connectivity index (χ1) is 60.2. The van der Waals surface area contributed by atoms with Gasteiger partial charge in [-0.2, -0.15) is 0 Å². The van der Waals surface area contributed by atoms with E-state index >= 15 is 9.59 Å². The van der Waals surface area contributed by atoms with Crippen molar-refractivity contribution in [1.29, 1.82) is 5.41 Å². The number of carboxylic acids is 2. The van der Waals surface area contributed by atoms with Crippen LogP contribution in [0.1, 0.15) is 176 Å². The third-order valence-corrected chi connectivity index (χ3v) is 22.6. The summed E-state index contributed by atoms with van der Waals surface area (Å²) in [5.74, 6) is -15.9. The molecule has 0 bridgehead atoms. The summed E-state index contributed by atoms with van der Waals surface area (Å²) in [6, 6.07) is 0.0371. The largest absolute Gasteiger partial charge is 0.508 e. The number of unbranched alkanes of at least 4 members (excludes halogenated alkanes) is 1. The maximum atomic E-state index is 15.1. The highest BCUT2D eigenvalue weighted by Gasteiger charge is 2.45. The van der Waals surface area contributed by atoms with Crippen molar-refractivity contribution >= 4 is 116 Å². The zero-order chi connectivity index (χ0) is 93.6. The number of aliphatic hydroxyl groups excluding tert-OH is 1. The number of para-hydroxylation sites is 2. The Hall–Kier alpha value is -12.3. The molecule has 2 aromatic heterocycles. The number of phenolic OH excluding ortho intramolecular Hbond substituents is 1. The number of aliphatic hydroxyl groups is 1. The number of hydrogen-bond acceptors (Lipinski definition) is 20. The van der Waals surface area contributed by atoms with Crippen molar-refractivity contribution in [3.63, 3.8) is 0 Å². The van der Waals surface area contributed by atoms with E-state index in [9.17, 15) is 82.8 Å². The summed E-state index contributed by atoms with van der Waals surface area (Å²) >= 11 is 0. The minimum Gasteiger partial charge on any atom is -0.508 e. The van der Waals surface area contributed by atoms with Gasteiger partial charge < -0.3 is 121 Å². The fraction of sp³-hybridized carbons (Fsp3) is 0.568. The number of carbonyl (C=O) groups excluding carboxylic acids is 13. The zero-order valence-corrected chi connectivity index (χ0v) is 73.9. The van der Waals surface area contributed by atoms with E-state index in [0.717, 1.165) is 4.90 Å². The summed E-state index contributed by atoms with van der Waals surface area (Å²) in [6.45, 7) is 17.1. The molecule has 5 aromatic rings. The van der Waals surface area contributed by atoms with Crippen molar-refractivity contribution in [3.8, 4) is 5.75 Å². The van der Waals surface area contributed by atoms with Crippen LogP contribution in [0.4, 0.5) is 0 Å². The third kappa shape index (κ3) is 30.5. The average Bonchev–Trinajstić information content (AvgIpc) is 1.69. The molecule has 2 aliphatic rings. The summed E-state index contributed by atoms with van der Waals surface area (Å²) in [7, 11) is 0. The molecule has 0 unspecified atom stereocenters. The number of nitrogens with two attached hydrogens (primary N) is 3. The highest BCUT2D eigenvalue weighted by molar-refractivity contribution is 6.02. The van der Waals surface area contributed by atoms with Gasteiger partial charge in [0.2, 0.25) is 76.8 Å². The SMILES string of the molecule is CC[C@H](C)[C@H](NC(=O)[C@H](C)N)C(=O)N[C@@H](Cc1c[nH]c2ccccc12)C(=O)N[C@@H](Cc1ccc(O)cc1)C(=O)N[C@@H](CC(=O)O)C(=O)N1CCC[C@H]1C(=O)N[C@@H](CC(C)C)C(=O)N[C@H](C(=O)N[C@@H](CCCCN)C(=O)N[C@@H](CC(C)C)C(=O)N[C@@H](Cc1c[nH]c2ccccc12)C(=O)N[C@@H](CC(C)C)C(=O)N1CCC[C@H]1C(=O)N[C@@H](CCCNC(=N)N)C(=O)O)[C@@H](C)O. The lowest BCUT2D eigenvalue weighted by atomic mass is 9.96. The Morgan fingerprint density at radius 1 is 0.480 bits per heavy atom. The second kappa shape index (κ2) is 49.0. The van der Waals surface area contributed by atoms with Crippen molar-refractivity contribution in [1.82, 2.24) is 83.6 Å². The molecule has 127 heavy (non-hydrogen) atoms. The maximum absolute atomic E-state index is 15.1. The number of carboxylic acid groups (broad SMARTS) is 2. The predicted octanol–water partition coefficient (Wildman–Crippen LogP) is 0.561.